The zero-order valence-corrected chi connectivity index (χ0v) is 12.1. The molecular formula is C14H28O3. The summed E-state index contributed by atoms with van der Waals surface area (Å²) in [5.41, 5.74) is -0.0207. The highest BCUT2D eigenvalue weighted by Gasteiger charge is 2.40. The van der Waals surface area contributed by atoms with Gasteiger partial charge in [0.05, 0.1) is 24.4 Å². The van der Waals surface area contributed by atoms with Crippen molar-refractivity contribution < 1.29 is 14.6 Å². The molecule has 1 aliphatic rings. The quantitative estimate of drug-likeness (QED) is 0.829. The van der Waals surface area contributed by atoms with Crippen LogP contribution in [0.3, 0.4) is 0 Å². The molecule has 1 fully saturated rings. The first-order valence-electron chi connectivity index (χ1n) is 6.54. The molecule has 1 rings (SSSR count). The van der Waals surface area contributed by atoms with Gasteiger partial charge in [0.2, 0.25) is 0 Å². The summed E-state index contributed by atoms with van der Waals surface area (Å²) in [6.07, 6.45) is 1.18. The van der Waals surface area contributed by atoms with Gasteiger partial charge in [-0.15, -0.1) is 0 Å². The van der Waals surface area contributed by atoms with E-state index < -0.39 is 0 Å². The van der Waals surface area contributed by atoms with Gasteiger partial charge in [-0.05, 0) is 32.6 Å². The Labute approximate surface area is 105 Å². The Morgan fingerprint density at radius 3 is 2.18 bits per heavy atom. The predicted molar refractivity (Wildman–Crippen MR) is 69.0 cm³/mol. The Balaban J connectivity index is 2.54. The van der Waals surface area contributed by atoms with Gasteiger partial charge >= 0.3 is 0 Å². The van der Waals surface area contributed by atoms with Gasteiger partial charge < -0.3 is 14.6 Å². The second-order valence-electron chi connectivity index (χ2n) is 7.13. The zero-order valence-electron chi connectivity index (χ0n) is 12.1. The lowest BCUT2D eigenvalue weighted by Crippen LogP contribution is -2.32. The van der Waals surface area contributed by atoms with E-state index in [0.29, 0.717) is 6.61 Å². The van der Waals surface area contributed by atoms with Crippen LogP contribution in [-0.4, -0.2) is 36.1 Å². The SMILES string of the molecule is CC(C)(C)OCC1OC(C(C)(C)C)CC1CO. The van der Waals surface area contributed by atoms with Crippen LogP contribution in [0.4, 0.5) is 0 Å². The van der Waals surface area contributed by atoms with Crippen molar-refractivity contribution >= 4 is 0 Å². The molecular weight excluding hydrogens is 216 g/mol. The molecule has 0 aromatic rings. The van der Waals surface area contributed by atoms with Crippen LogP contribution in [0, 0.1) is 11.3 Å². The second-order valence-corrected chi connectivity index (χ2v) is 7.13. The molecule has 0 spiro atoms. The largest absolute Gasteiger partial charge is 0.396 e. The first-order valence-corrected chi connectivity index (χ1v) is 6.54. The Kier molecular flexibility index (Phi) is 4.61. The van der Waals surface area contributed by atoms with Crippen molar-refractivity contribution in [3.63, 3.8) is 0 Å². The van der Waals surface area contributed by atoms with Crippen LogP contribution in [0.5, 0.6) is 0 Å². The van der Waals surface area contributed by atoms with Crippen LogP contribution in [0.15, 0.2) is 0 Å². The van der Waals surface area contributed by atoms with Crippen molar-refractivity contribution in [2.75, 3.05) is 13.2 Å². The Hall–Kier alpha value is -0.120. The molecule has 0 aromatic carbocycles. The molecule has 17 heavy (non-hydrogen) atoms. The number of ether oxygens (including phenoxy) is 2. The maximum absolute atomic E-state index is 9.41. The number of hydrogen-bond donors (Lipinski definition) is 1. The maximum atomic E-state index is 9.41. The molecule has 3 nitrogen and oxygen atoms in total. The third-order valence-corrected chi connectivity index (χ3v) is 3.26. The van der Waals surface area contributed by atoms with E-state index in [0.717, 1.165) is 6.42 Å². The van der Waals surface area contributed by atoms with E-state index in [1.54, 1.807) is 0 Å². The van der Waals surface area contributed by atoms with Crippen molar-refractivity contribution in [1.82, 2.24) is 0 Å². The van der Waals surface area contributed by atoms with Crippen LogP contribution in [0.25, 0.3) is 0 Å². The van der Waals surface area contributed by atoms with Crippen molar-refractivity contribution in [1.29, 1.82) is 0 Å². The average Bonchev–Trinajstić information content (AvgIpc) is 2.55. The lowest BCUT2D eigenvalue weighted by molar-refractivity contribution is -0.0956. The summed E-state index contributed by atoms with van der Waals surface area (Å²) in [6, 6.07) is 0. The predicted octanol–water partition coefficient (Wildman–Crippen LogP) is 2.61. The van der Waals surface area contributed by atoms with Crippen LogP contribution in [0.1, 0.15) is 48.0 Å². The number of hydrogen-bond acceptors (Lipinski definition) is 3. The minimum atomic E-state index is -0.150. The third kappa shape index (κ3) is 4.57. The zero-order chi connectivity index (χ0) is 13.3. The summed E-state index contributed by atoms with van der Waals surface area (Å²) in [5, 5.41) is 9.41. The fourth-order valence-electron chi connectivity index (χ4n) is 2.06. The lowest BCUT2D eigenvalue weighted by atomic mass is 9.85. The summed E-state index contributed by atoms with van der Waals surface area (Å²) in [7, 11) is 0. The third-order valence-electron chi connectivity index (χ3n) is 3.26. The van der Waals surface area contributed by atoms with Crippen LogP contribution >= 0.6 is 0 Å². The molecule has 1 heterocycles. The first kappa shape index (κ1) is 14.9. The van der Waals surface area contributed by atoms with Crippen molar-refractivity contribution in [2.45, 2.75) is 65.8 Å². The van der Waals surface area contributed by atoms with Crippen molar-refractivity contribution in [2.24, 2.45) is 11.3 Å². The minimum Gasteiger partial charge on any atom is -0.396 e. The minimum absolute atomic E-state index is 0.0310. The summed E-state index contributed by atoms with van der Waals surface area (Å²) in [5.74, 6) is 0.210. The monoisotopic (exact) mass is 244 g/mol. The van der Waals surface area contributed by atoms with E-state index in [-0.39, 0.29) is 35.7 Å². The first-order chi connectivity index (χ1) is 7.63. The van der Waals surface area contributed by atoms with Crippen LogP contribution in [-0.2, 0) is 9.47 Å². The molecule has 3 atom stereocenters. The summed E-state index contributed by atoms with van der Waals surface area (Å²) < 4.78 is 11.8. The molecule has 0 radical (unpaired) electrons. The van der Waals surface area contributed by atoms with Gasteiger partial charge in [-0.25, -0.2) is 0 Å². The normalized spacial score (nSPS) is 30.9. The summed E-state index contributed by atoms with van der Waals surface area (Å²) in [4.78, 5) is 0. The van der Waals surface area contributed by atoms with E-state index in [2.05, 4.69) is 20.8 Å². The van der Waals surface area contributed by atoms with Crippen LogP contribution < -0.4 is 0 Å². The Morgan fingerprint density at radius 1 is 1.18 bits per heavy atom. The lowest BCUT2D eigenvalue weighted by Gasteiger charge is -2.28. The van der Waals surface area contributed by atoms with Gasteiger partial charge in [-0.1, -0.05) is 20.8 Å². The van der Waals surface area contributed by atoms with Crippen molar-refractivity contribution in [3.05, 3.63) is 0 Å². The highest BCUT2D eigenvalue weighted by atomic mass is 16.6. The number of rotatable bonds is 3. The molecule has 1 N–H and O–H groups in total. The number of aliphatic hydroxyl groups is 1. The van der Waals surface area contributed by atoms with Gasteiger partial charge in [0.15, 0.2) is 0 Å². The van der Waals surface area contributed by atoms with E-state index in [9.17, 15) is 5.11 Å². The molecule has 3 heteroatoms. The molecule has 0 aromatic heterocycles. The Morgan fingerprint density at radius 2 is 1.76 bits per heavy atom. The second kappa shape index (κ2) is 5.25. The van der Waals surface area contributed by atoms with Gasteiger partial charge in [-0.2, -0.15) is 0 Å². The highest BCUT2D eigenvalue weighted by Crippen LogP contribution is 2.37. The smallest absolute Gasteiger partial charge is 0.0863 e. The summed E-state index contributed by atoms with van der Waals surface area (Å²) in [6.45, 7) is 13.4. The van der Waals surface area contributed by atoms with E-state index in [1.807, 2.05) is 20.8 Å². The van der Waals surface area contributed by atoms with E-state index in [1.165, 1.54) is 0 Å². The molecule has 3 unspecified atom stereocenters. The molecule has 0 saturated carbocycles. The molecule has 1 aliphatic heterocycles. The average molecular weight is 244 g/mol. The molecule has 102 valence electrons. The van der Waals surface area contributed by atoms with Crippen molar-refractivity contribution in [3.8, 4) is 0 Å². The van der Waals surface area contributed by atoms with E-state index >= 15 is 0 Å². The topological polar surface area (TPSA) is 38.7 Å². The Bertz CT molecular complexity index is 237. The highest BCUT2D eigenvalue weighted by molar-refractivity contribution is 4.88. The molecule has 0 amide bonds. The molecule has 0 aliphatic carbocycles. The fraction of sp³-hybridized carbons (Fsp3) is 1.00. The van der Waals surface area contributed by atoms with Gasteiger partial charge in [0.25, 0.3) is 0 Å². The summed E-state index contributed by atoms with van der Waals surface area (Å²) >= 11 is 0. The number of aliphatic hydroxyl groups excluding tert-OH is 1. The van der Waals surface area contributed by atoms with Gasteiger partial charge in [0, 0.05) is 12.5 Å². The van der Waals surface area contributed by atoms with Crippen LogP contribution in [0.2, 0.25) is 0 Å². The van der Waals surface area contributed by atoms with Gasteiger partial charge in [-0.3, -0.25) is 0 Å². The standard InChI is InChI=1S/C14H28O3/c1-13(2,3)12-7-10(8-15)11(17-12)9-16-14(4,5)6/h10-12,15H,7-9H2,1-6H3. The maximum Gasteiger partial charge on any atom is 0.0863 e. The van der Waals surface area contributed by atoms with E-state index in [4.69, 9.17) is 9.47 Å². The molecule has 1 saturated heterocycles. The molecule has 0 bridgehead atoms. The van der Waals surface area contributed by atoms with Gasteiger partial charge in [0.1, 0.15) is 0 Å². The fourth-order valence-corrected chi connectivity index (χ4v) is 2.06.